The van der Waals surface area contributed by atoms with Crippen LogP contribution in [0.25, 0.3) is 0 Å². The lowest BCUT2D eigenvalue weighted by molar-refractivity contribution is 0.0605. The van der Waals surface area contributed by atoms with Crippen molar-refractivity contribution >= 4 is 26.2 Å². The third kappa shape index (κ3) is 11.0. The Hall–Kier alpha value is 0.531. The minimum Gasteiger partial charge on any atom is -0.398 e. The molecule has 0 fully saturated rings. The molecule has 0 aromatic heterocycles. The van der Waals surface area contributed by atoms with Crippen LogP contribution in [0.15, 0.2) is 0 Å². The average molecular weight is 280 g/mol. The van der Waals surface area contributed by atoms with Crippen molar-refractivity contribution in [2.45, 2.75) is 57.7 Å². The van der Waals surface area contributed by atoms with Crippen LogP contribution in [0.2, 0.25) is 45.3 Å². The van der Waals surface area contributed by atoms with Crippen molar-refractivity contribution in [3.05, 3.63) is 0 Å². The predicted octanol–water partition coefficient (Wildman–Crippen LogP) is 1.91. The highest BCUT2D eigenvalue weighted by Crippen LogP contribution is 2.14. The van der Waals surface area contributed by atoms with Crippen molar-refractivity contribution in [2.75, 3.05) is 6.54 Å². The first-order chi connectivity index (χ1) is 7.14. The van der Waals surface area contributed by atoms with Gasteiger partial charge >= 0.3 is 0 Å². The zero-order valence-corrected chi connectivity index (χ0v) is 15.2. The Labute approximate surface area is 105 Å². The van der Waals surface area contributed by atoms with Gasteiger partial charge in [0, 0.05) is 0 Å². The van der Waals surface area contributed by atoms with Crippen molar-refractivity contribution in [3.8, 4) is 0 Å². The van der Waals surface area contributed by atoms with Gasteiger partial charge in [-0.2, -0.15) is 0 Å². The molecule has 0 aliphatic heterocycles. The Kier molecular flexibility index (Phi) is 7.31. The lowest BCUT2D eigenvalue weighted by atomic mass is 10.5. The summed E-state index contributed by atoms with van der Waals surface area (Å²) < 4.78 is 12.3. The molecule has 16 heavy (non-hydrogen) atoms. The number of hydrogen-bond acceptors (Lipinski definition) is 3. The Morgan fingerprint density at radius 1 is 1.00 bits per heavy atom. The first-order valence-electron chi connectivity index (χ1n) is 6.20. The van der Waals surface area contributed by atoms with E-state index in [4.69, 9.17) is 14.6 Å². The van der Waals surface area contributed by atoms with Crippen molar-refractivity contribution in [1.29, 1.82) is 0 Å². The van der Waals surface area contributed by atoms with Crippen LogP contribution in [0.1, 0.15) is 6.42 Å². The molecular formula is C10H29NO2Si3. The van der Waals surface area contributed by atoms with Gasteiger partial charge in [0.1, 0.15) is 5.91 Å². The van der Waals surface area contributed by atoms with Crippen molar-refractivity contribution < 1.29 is 8.85 Å². The van der Waals surface area contributed by atoms with Gasteiger partial charge < -0.3 is 14.6 Å². The quantitative estimate of drug-likeness (QED) is 0.419. The van der Waals surface area contributed by atoms with Crippen molar-refractivity contribution in [3.63, 3.8) is 0 Å². The molecule has 0 spiro atoms. The fourth-order valence-corrected chi connectivity index (χ4v) is 8.01. The van der Waals surface area contributed by atoms with Crippen LogP contribution in [0, 0.1) is 0 Å². The van der Waals surface area contributed by atoms with Gasteiger partial charge in [-0.1, -0.05) is 6.04 Å². The van der Waals surface area contributed by atoms with E-state index in [1.54, 1.807) is 0 Å². The molecule has 0 heterocycles. The topological polar surface area (TPSA) is 44.5 Å². The van der Waals surface area contributed by atoms with Gasteiger partial charge in [0.15, 0.2) is 16.6 Å². The van der Waals surface area contributed by atoms with Crippen LogP contribution < -0.4 is 5.73 Å². The SMILES string of the molecule is C[Si](C)(C)OC(O[Si](C)(C)C)[SiH2]CCCN. The minimum atomic E-state index is -1.48. The molecule has 0 aromatic carbocycles. The lowest BCUT2D eigenvalue weighted by Gasteiger charge is -2.31. The summed E-state index contributed by atoms with van der Waals surface area (Å²) in [5, 5.41) is 0. The summed E-state index contributed by atoms with van der Waals surface area (Å²) in [6.45, 7) is 14.2. The van der Waals surface area contributed by atoms with Gasteiger partial charge in [0.25, 0.3) is 0 Å². The Bertz CT molecular complexity index is 173. The van der Waals surface area contributed by atoms with Crippen molar-refractivity contribution in [2.24, 2.45) is 5.73 Å². The molecule has 0 aliphatic carbocycles. The zero-order chi connectivity index (χ0) is 12.8. The van der Waals surface area contributed by atoms with Crippen LogP contribution in [-0.4, -0.2) is 38.6 Å². The van der Waals surface area contributed by atoms with E-state index in [2.05, 4.69) is 39.3 Å². The van der Waals surface area contributed by atoms with Crippen molar-refractivity contribution in [1.82, 2.24) is 0 Å². The molecule has 0 aromatic rings. The fraction of sp³-hybridized carbons (Fsp3) is 1.00. The van der Waals surface area contributed by atoms with Gasteiger partial charge in [-0.05, 0) is 52.2 Å². The molecule has 0 bridgehead atoms. The highest BCUT2D eigenvalue weighted by molar-refractivity contribution is 6.71. The molecule has 3 nitrogen and oxygen atoms in total. The van der Waals surface area contributed by atoms with Gasteiger partial charge in [-0.15, -0.1) is 0 Å². The van der Waals surface area contributed by atoms with Crippen LogP contribution in [0.4, 0.5) is 0 Å². The summed E-state index contributed by atoms with van der Waals surface area (Å²) in [7, 11) is -3.26. The Balaban J connectivity index is 4.17. The summed E-state index contributed by atoms with van der Waals surface area (Å²) in [6.07, 6.45) is 1.12. The Morgan fingerprint density at radius 2 is 1.44 bits per heavy atom. The molecule has 0 atom stereocenters. The van der Waals surface area contributed by atoms with E-state index in [9.17, 15) is 0 Å². The van der Waals surface area contributed by atoms with Gasteiger partial charge in [-0.25, -0.2) is 0 Å². The van der Waals surface area contributed by atoms with E-state index >= 15 is 0 Å². The summed E-state index contributed by atoms with van der Waals surface area (Å²) >= 11 is 0. The molecule has 0 saturated carbocycles. The number of nitrogens with two attached hydrogens (primary N) is 1. The molecule has 0 unspecified atom stereocenters. The Morgan fingerprint density at radius 3 is 1.75 bits per heavy atom. The largest absolute Gasteiger partial charge is 0.398 e. The van der Waals surface area contributed by atoms with E-state index in [0.29, 0.717) is 0 Å². The second-order valence-corrected chi connectivity index (χ2v) is 17.0. The van der Waals surface area contributed by atoms with Crippen LogP contribution >= 0.6 is 0 Å². The first-order valence-corrected chi connectivity index (χ1v) is 14.8. The van der Waals surface area contributed by atoms with Crippen LogP contribution in [0.3, 0.4) is 0 Å². The second-order valence-electron chi connectivity index (χ2n) is 6.17. The third-order valence-electron chi connectivity index (χ3n) is 1.86. The van der Waals surface area contributed by atoms with Gasteiger partial charge in [-0.3, -0.25) is 0 Å². The smallest absolute Gasteiger partial charge is 0.186 e. The van der Waals surface area contributed by atoms with Gasteiger partial charge in [0.2, 0.25) is 0 Å². The third-order valence-corrected chi connectivity index (χ3v) is 6.18. The summed E-state index contributed by atoms with van der Waals surface area (Å²) in [5.41, 5.74) is 5.53. The van der Waals surface area contributed by atoms with E-state index < -0.39 is 16.6 Å². The molecule has 0 aliphatic rings. The molecule has 6 heteroatoms. The summed E-state index contributed by atoms with van der Waals surface area (Å²) in [6, 6.07) is 1.23. The number of rotatable bonds is 8. The van der Waals surface area contributed by atoms with E-state index in [0.717, 1.165) is 13.0 Å². The first kappa shape index (κ1) is 16.5. The monoisotopic (exact) mass is 279 g/mol. The van der Waals surface area contributed by atoms with Crippen LogP contribution in [0.5, 0.6) is 0 Å². The normalized spacial score (nSPS) is 14.2. The highest BCUT2D eigenvalue weighted by atomic mass is 28.4. The molecule has 0 amide bonds. The van der Waals surface area contributed by atoms with E-state index in [1.165, 1.54) is 6.04 Å². The number of hydrogen-bond donors (Lipinski definition) is 1. The predicted molar refractivity (Wildman–Crippen MR) is 79.7 cm³/mol. The standard InChI is InChI=1S/C10H29NO2Si3/c1-15(2,3)12-10(13-16(4,5)6)14-9-7-8-11/h10H,7-9,11,14H2,1-6H3. The molecule has 0 radical (unpaired) electrons. The maximum absolute atomic E-state index is 6.13. The van der Waals surface area contributed by atoms with Crippen LogP contribution in [-0.2, 0) is 8.85 Å². The molecule has 0 rings (SSSR count). The lowest BCUT2D eigenvalue weighted by Crippen LogP contribution is -2.43. The highest BCUT2D eigenvalue weighted by Gasteiger charge is 2.26. The zero-order valence-electron chi connectivity index (χ0n) is 11.8. The second kappa shape index (κ2) is 7.07. The average Bonchev–Trinajstić information content (AvgIpc) is 1.97. The molecule has 98 valence electrons. The fourth-order valence-electron chi connectivity index (χ4n) is 1.39. The maximum Gasteiger partial charge on any atom is 0.186 e. The molecule has 0 saturated heterocycles. The molecule has 2 N–H and O–H groups in total. The summed E-state index contributed by atoms with van der Waals surface area (Å²) in [4.78, 5) is 0. The minimum absolute atomic E-state index is 0.130. The van der Waals surface area contributed by atoms with E-state index in [-0.39, 0.29) is 15.4 Å². The van der Waals surface area contributed by atoms with Gasteiger partial charge in [0.05, 0.1) is 9.52 Å². The van der Waals surface area contributed by atoms with E-state index in [1.807, 2.05) is 0 Å². The summed E-state index contributed by atoms with van der Waals surface area (Å²) in [5.74, 6) is 0.130. The maximum atomic E-state index is 6.13. The molecular weight excluding hydrogens is 250 g/mol.